The second-order valence-electron chi connectivity index (χ2n) is 9.02. The summed E-state index contributed by atoms with van der Waals surface area (Å²) in [5.41, 5.74) is 2.81. The van der Waals surface area contributed by atoms with Crippen molar-refractivity contribution in [2.45, 2.75) is 55.5 Å². The number of benzene rings is 1. The number of aromatic nitrogens is 3. The predicted octanol–water partition coefficient (Wildman–Crippen LogP) is 4.40. The van der Waals surface area contributed by atoms with E-state index in [1.807, 2.05) is 11.6 Å². The number of hydrogen-bond donors (Lipinski definition) is 1. The molecule has 1 N–H and O–H groups in total. The Kier molecular flexibility index (Phi) is 4.69. The van der Waals surface area contributed by atoms with Gasteiger partial charge in [-0.1, -0.05) is 36.7 Å². The Balaban J connectivity index is 1.26. The molecule has 1 aromatic heterocycles. The first kappa shape index (κ1) is 18.2. The van der Waals surface area contributed by atoms with Crippen molar-refractivity contribution in [3.63, 3.8) is 0 Å². The number of nitrogens with one attached hydrogen (secondary N) is 1. The highest BCUT2D eigenvalue weighted by Crippen LogP contribution is 2.60. The van der Waals surface area contributed by atoms with E-state index in [1.54, 1.807) is 6.33 Å². The SMILES string of the molecule is Cn1cnnc1SCC(=O)Nc1ccc(C23CC4CCC2CCC(C4)C3)cc1. The molecule has 3 saturated carbocycles. The van der Waals surface area contributed by atoms with Gasteiger partial charge in [-0.2, -0.15) is 0 Å². The van der Waals surface area contributed by atoms with E-state index in [4.69, 9.17) is 0 Å². The van der Waals surface area contributed by atoms with E-state index in [0.717, 1.165) is 28.6 Å². The molecule has 3 fully saturated rings. The molecule has 5 nitrogen and oxygen atoms in total. The first-order valence-electron chi connectivity index (χ1n) is 10.5. The Morgan fingerprint density at radius 3 is 2.54 bits per heavy atom. The summed E-state index contributed by atoms with van der Waals surface area (Å²) >= 11 is 1.40. The summed E-state index contributed by atoms with van der Waals surface area (Å²) in [6.07, 6.45) is 11.6. The average Bonchev–Trinajstić information content (AvgIpc) is 3.10. The molecule has 3 bridgehead atoms. The van der Waals surface area contributed by atoms with Crippen LogP contribution < -0.4 is 5.32 Å². The number of anilines is 1. The lowest BCUT2D eigenvalue weighted by atomic mass is 9.47. The highest BCUT2D eigenvalue weighted by Gasteiger charge is 2.52. The second-order valence-corrected chi connectivity index (χ2v) is 9.96. The number of carbonyl (C=O) groups excluding carboxylic acids is 1. The molecule has 6 heteroatoms. The van der Waals surface area contributed by atoms with E-state index in [-0.39, 0.29) is 5.91 Å². The third-order valence-corrected chi connectivity index (χ3v) is 8.38. The van der Waals surface area contributed by atoms with E-state index in [2.05, 4.69) is 39.8 Å². The van der Waals surface area contributed by atoms with Gasteiger partial charge >= 0.3 is 0 Å². The van der Waals surface area contributed by atoms with Crippen molar-refractivity contribution in [2.75, 3.05) is 11.1 Å². The van der Waals surface area contributed by atoms with Crippen LogP contribution in [0.1, 0.15) is 50.5 Å². The zero-order valence-corrected chi connectivity index (χ0v) is 17.3. The molecule has 3 aliphatic carbocycles. The minimum Gasteiger partial charge on any atom is -0.325 e. The number of fused-ring (bicyclic) bond motifs is 2. The second kappa shape index (κ2) is 7.21. The summed E-state index contributed by atoms with van der Waals surface area (Å²) in [7, 11) is 1.88. The zero-order valence-electron chi connectivity index (χ0n) is 16.4. The molecular weight excluding hydrogens is 368 g/mol. The van der Waals surface area contributed by atoms with Crippen molar-refractivity contribution in [2.24, 2.45) is 24.8 Å². The van der Waals surface area contributed by atoms with Crippen molar-refractivity contribution in [3.8, 4) is 0 Å². The smallest absolute Gasteiger partial charge is 0.234 e. The maximum Gasteiger partial charge on any atom is 0.234 e. The van der Waals surface area contributed by atoms with Gasteiger partial charge in [0.2, 0.25) is 5.91 Å². The number of amides is 1. The zero-order chi connectivity index (χ0) is 19.1. The Morgan fingerprint density at radius 1 is 1.18 bits per heavy atom. The Labute approximate surface area is 170 Å². The Morgan fingerprint density at radius 2 is 1.89 bits per heavy atom. The van der Waals surface area contributed by atoms with E-state index in [1.165, 1.54) is 62.3 Å². The van der Waals surface area contributed by atoms with Gasteiger partial charge in [-0.25, -0.2) is 0 Å². The van der Waals surface area contributed by atoms with Crippen LogP contribution in [0.15, 0.2) is 35.7 Å². The standard InChI is InChI=1S/C22H28N4OS/c1-26-14-23-25-21(26)28-13-20(27)24-19-8-6-18(7-9-19)22-11-15-2-4-17(22)5-3-16(10-15)12-22/h6-9,14-17H,2-5,10-13H2,1H3,(H,24,27). The molecule has 0 spiro atoms. The van der Waals surface area contributed by atoms with Crippen molar-refractivity contribution in [1.29, 1.82) is 0 Å². The molecule has 0 radical (unpaired) electrons. The normalized spacial score (nSPS) is 31.0. The summed E-state index contributed by atoms with van der Waals surface area (Å²) in [6, 6.07) is 8.77. The van der Waals surface area contributed by atoms with E-state index >= 15 is 0 Å². The lowest BCUT2D eigenvalue weighted by molar-refractivity contribution is -0.113. The molecule has 5 rings (SSSR count). The molecule has 28 heavy (non-hydrogen) atoms. The molecule has 1 aromatic carbocycles. The summed E-state index contributed by atoms with van der Waals surface area (Å²) in [5, 5.41) is 11.6. The van der Waals surface area contributed by atoms with Gasteiger partial charge in [-0.3, -0.25) is 4.79 Å². The summed E-state index contributed by atoms with van der Waals surface area (Å²) in [6.45, 7) is 0. The minimum atomic E-state index is -0.00614. The number of thioether (sulfide) groups is 1. The lowest BCUT2D eigenvalue weighted by Gasteiger charge is -2.57. The molecule has 1 heterocycles. The van der Waals surface area contributed by atoms with Crippen LogP contribution in [0, 0.1) is 17.8 Å². The van der Waals surface area contributed by atoms with Crippen molar-refractivity contribution >= 4 is 23.4 Å². The molecular formula is C22H28N4OS. The average molecular weight is 397 g/mol. The molecule has 2 aromatic rings. The maximum atomic E-state index is 12.3. The Hall–Kier alpha value is -1.82. The van der Waals surface area contributed by atoms with Gasteiger partial charge in [0, 0.05) is 12.7 Å². The predicted molar refractivity (Wildman–Crippen MR) is 111 cm³/mol. The van der Waals surface area contributed by atoms with E-state index in [0.29, 0.717) is 11.2 Å². The monoisotopic (exact) mass is 396 g/mol. The summed E-state index contributed by atoms with van der Waals surface area (Å²) in [4.78, 5) is 12.3. The number of carbonyl (C=O) groups is 1. The number of nitrogens with zero attached hydrogens (tertiary/aromatic N) is 3. The van der Waals surface area contributed by atoms with Crippen LogP contribution in [-0.2, 0) is 17.3 Å². The van der Waals surface area contributed by atoms with Gasteiger partial charge in [-0.15, -0.1) is 10.2 Å². The van der Waals surface area contributed by atoms with Gasteiger partial charge in [0.25, 0.3) is 0 Å². The topological polar surface area (TPSA) is 59.8 Å². The maximum absolute atomic E-state index is 12.3. The third kappa shape index (κ3) is 3.25. The summed E-state index contributed by atoms with van der Waals surface area (Å²) in [5.74, 6) is 3.07. The Bertz CT molecular complexity index is 846. The van der Waals surface area contributed by atoms with Crippen LogP contribution in [-0.4, -0.2) is 26.4 Å². The van der Waals surface area contributed by atoms with Gasteiger partial charge in [0.05, 0.1) is 5.75 Å². The number of rotatable bonds is 5. The van der Waals surface area contributed by atoms with Crippen LogP contribution in [0.25, 0.3) is 0 Å². The number of aryl methyl sites for hydroxylation is 1. The van der Waals surface area contributed by atoms with E-state index < -0.39 is 0 Å². The van der Waals surface area contributed by atoms with Gasteiger partial charge in [0.1, 0.15) is 6.33 Å². The first-order valence-corrected chi connectivity index (χ1v) is 11.5. The van der Waals surface area contributed by atoms with Gasteiger partial charge in [0.15, 0.2) is 5.16 Å². The van der Waals surface area contributed by atoms with Crippen molar-refractivity contribution < 1.29 is 4.79 Å². The third-order valence-electron chi connectivity index (χ3n) is 7.35. The highest BCUT2D eigenvalue weighted by molar-refractivity contribution is 7.99. The summed E-state index contributed by atoms with van der Waals surface area (Å²) < 4.78 is 1.82. The van der Waals surface area contributed by atoms with Crippen molar-refractivity contribution in [3.05, 3.63) is 36.2 Å². The molecule has 0 aliphatic heterocycles. The molecule has 2 unspecified atom stereocenters. The number of hydrogen-bond acceptors (Lipinski definition) is 4. The first-order chi connectivity index (χ1) is 13.6. The van der Waals surface area contributed by atoms with Crippen molar-refractivity contribution in [1.82, 2.24) is 14.8 Å². The molecule has 0 saturated heterocycles. The molecule has 148 valence electrons. The molecule has 1 amide bonds. The van der Waals surface area contributed by atoms with Crippen LogP contribution in [0.3, 0.4) is 0 Å². The molecule has 2 atom stereocenters. The fourth-order valence-corrected chi connectivity index (χ4v) is 6.87. The van der Waals surface area contributed by atoms with Crippen LogP contribution >= 0.6 is 11.8 Å². The van der Waals surface area contributed by atoms with Gasteiger partial charge < -0.3 is 9.88 Å². The van der Waals surface area contributed by atoms with E-state index in [9.17, 15) is 4.79 Å². The van der Waals surface area contributed by atoms with Crippen LogP contribution in [0.5, 0.6) is 0 Å². The highest BCUT2D eigenvalue weighted by atomic mass is 32.2. The lowest BCUT2D eigenvalue weighted by Crippen LogP contribution is -2.49. The fourth-order valence-electron chi connectivity index (χ4n) is 6.18. The fraction of sp³-hybridized carbons (Fsp3) is 0.591. The largest absolute Gasteiger partial charge is 0.325 e. The quantitative estimate of drug-likeness (QED) is 0.761. The minimum absolute atomic E-state index is 0.00614. The van der Waals surface area contributed by atoms with Gasteiger partial charge in [-0.05, 0) is 73.0 Å². The molecule has 3 aliphatic rings. The van der Waals surface area contributed by atoms with Crippen LogP contribution in [0.2, 0.25) is 0 Å². The van der Waals surface area contributed by atoms with Crippen LogP contribution in [0.4, 0.5) is 5.69 Å².